The van der Waals surface area contributed by atoms with Crippen LogP contribution in [0.5, 0.6) is 0 Å². The molecular formula is C9H12ClNO3. The van der Waals surface area contributed by atoms with Crippen LogP contribution in [0.4, 0.5) is 0 Å². The van der Waals surface area contributed by atoms with Gasteiger partial charge in [-0.05, 0) is 18.6 Å². The van der Waals surface area contributed by atoms with Gasteiger partial charge >= 0.3 is 0 Å². The standard InChI is InChI=1S/C9H12ClNO3/c1-5-2-6(4-11-9(5)14)8(13)7(12)3-10/h2,4,7-8,12-13H,3H2,1H3,(H,11,14). The molecule has 0 aliphatic rings. The highest BCUT2D eigenvalue weighted by Gasteiger charge is 2.17. The number of aromatic amines is 1. The van der Waals surface area contributed by atoms with Gasteiger partial charge in [0.1, 0.15) is 6.10 Å². The molecule has 1 heterocycles. The Kier molecular flexibility index (Phi) is 3.69. The SMILES string of the molecule is Cc1cc(C(O)C(O)CCl)c[nH]c1=O. The van der Waals surface area contributed by atoms with Crippen molar-refractivity contribution in [2.24, 2.45) is 0 Å². The summed E-state index contributed by atoms with van der Waals surface area (Å²) in [5.41, 5.74) is 0.736. The number of hydrogen-bond acceptors (Lipinski definition) is 3. The Bertz CT molecular complexity index is 363. The molecule has 0 radical (unpaired) electrons. The maximum Gasteiger partial charge on any atom is 0.250 e. The van der Waals surface area contributed by atoms with Crippen LogP contribution in [0.2, 0.25) is 0 Å². The van der Waals surface area contributed by atoms with Crippen LogP contribution in [0.1, 0.15) is 17.2 Å². The van der Waals surface area contributed by atoms with Gasteiger partial charge in [0.05, 0.1) is 12.0 Å². The number of nitrogens with one attached hydrogen (secondary N) is 1. The minimum absolute atomic E-state index is 0.0562. The summed E-state index contributed by atoms with van der Waals surface area (Å²) in [7, 11) is 0. The van der Waals surface area contributed by atoms with Crippen molar-refractivity contribution in [3.8, 4) is 0 Å². The van der Waals surface area contributed by atoms with Gasteiger partial charge in [0, 0.05) is 11.8 Å². The van der Waals surface area contributed by atoms with Gasteiger partial charge in [-0.15, -0.1) is 11.6 Å². The number of alkyl halides is 1. The van der Waals surface area contributed by atoms with Gasteiger partial charge in [-0.1, -0.05) is 0 Å². The van der Waals surface area contributed by atoms with E-state index in [0.717, 1.165) is 0 Å². The largest absolute Gasteiger partial charge is 0.389 e. The number of pyridine rings is 1. The fraction of sp³-hybridized carbons (Fsp3) is 0.444. The predicted molar refractivity (Wildman–Crippen MR) is 53.5 cm³/mol. The van der Waals surface area contributed by atoms with Gasteiger partial charge in [-0.3, -0.25) is 4.79 Å². The molecule has 0 saturated carbocycles. The molecule has 2 atom stereocenters. The predicted octanol–water partition coefficient (Wildman–Crippen LogP) is 0.316. The van der Waals surface area contributed by atoms with Crippen LogP contribution in [0, 0.1) is 6.92 Å². The molecule has 2 unspecified atom stereocenters. The second kappa shape index (κ2) is 4.59. The second-order valence-corrected chi connectivity index (χ2v) is 3.42. The Labute approximate surface area is 86.2 Å². The van der Waals surface area contributed by atoms with Crippen LogP contribution in [0.25, 0.3) is 0 Å². The van der Waals surface area contributed by atoms with Gasteiger partial charge in [0.25, 0.3) is 5.56 Å². The third kappa shape index (κ3) is 2.35. The first-order valence-electron chi connectivity index (χ1n) is 4.17. The molecule has 0 bridgehead atoms. The average Bonchev–Trinajstić information content (AvgIpc) is 2.20. The normalized spacial score (nSPS) is 15.1. The molecule has 1 aromatic rings. The first-order valence-corrected chi connectivity index (χ1v) is 4.71. The Balaban J connectivity index is 2.96. The summed E-state index contributed by atoms with van der Waals surface area (Å²) >= 11 is 5.39. The minimum Gasteiger partial charge on any atom is -0.389 e. The first kappa shape index (κ1) is 11.2. The van der Waals surface area contributed by atoms with Crippen LogP contribution in [-0.4, -0.2) is 27.2 Å². The van der Waals surface area contributed by atoms with E-state index in [2.05, 4.69) is 4.98 Å². The van der Waals surface area contributed by atoms with E-state index in [9.17, 15) is 15.0 Å². The highest BCUT2D eigenvalue weighted by molar-refractivity contribution is 6.18. The molecule has 0 fully saturated rings. The zero-order valence-corrected chi connectivity index (χ0v) is 8.45. The summed E-state index contributed by atoms with van der Waals surface area (Å²) in [6.45, 7) is 1.63. The molecule has 14 heavy (non-hydrogen) atoms. The maximum absolute atomic E-state index is 11.0. The van der Waals surface area contributed by atoms with Gasteiger partial charge in [-0.2, -0.15) is 0 Å². The van der Waals surface area contributed by atoms with E-state index in [4.69, 9.17) is 11.6 Å². The number of aromatic nitrogens is 1. The highest BCUT2D eigenvalue weighted by atomic mass is 35.5. The van der Waals surface area contributed by atoms with Gasteiger partial charge in [0.2, 0.25) is 0 Å². The van der Waals surface area contributed by atoms with Crippen LogP contribution >= 0.6 is 11.6 Å². The summed E-state index contributed by atoms with van der Waals surface area (Å²) in [4.78, 5) is 13.5. The smallest absolute Gasteiger partial charge is 0.250 e. The number of aliphatic hydroxyl groups excluding tert-OH is 2. The Morgan fingerprint density at radius 2 is 2.21 bits per heavy atom. The number of hydrogen-bond donors (Lipinski definition) is 3. The summed E-state index contributed by atoms with van der Waals surface area (Å²) < 4.78 is 0. The molecule has 1 aromatic heterocycles. The van der Waals surface area contributed by atoms with Crippen molar-refractivity contribution < 1.29 is 10.2 Å². The third-order valence-corrected chi connectivity index (χ3v) is 2.29. The third-order valence-electron chi connectivity index (χ3n) is 1.98. The molecule has 0 amide bonds. The quantitative estimate of drug-likeness (QED) is 0.639. The number of aliphatic hydroxyl groups is 2. The second-order valence-electron chi connectivity index (χ2n) is 3.11. The van der Waals surface area contributed by atoms with Crippen LogP contribution in [0.3, 0.4) is 0 Å². The van der Waals surface area contributed by atoms with Gasteiger partial charge in [-0.25, -0.2) is 0 Å². The van der Waals surface area contributed by atoms with Crippen LogP contribution < -0.4 is 5.56 Å². The lowest BCUT2D eigenvalue weighted by Gasteiger charge is -2.15. The van der Waals surface area contributed by atoms with Crippen molar-refractivity contribution >= 4 is 11.6 Å². The minimum atomic E-state index is -1.07. The summed E-state index contributed by atoms with van der Waals surface area (Å²) in [6, 6.07) is 1.53. The molecule has 0 spiro atoms. The summed E-state index contributed by atoms with van der Waals surface area (Å²) in [5.74, 6) is -0.0562. The fourth-order valence-corrected chi connectivity index (χ4v) is 1.27. The highest BCUT2D eigenvalue weighted by Crippen LogP contribution is 2.16. The lowest BCUT2D eigenvalue weighted by molar-refractivity contribution is 0.0324. The Morgan fingerprint density at radius 3 is 2.71 bits per heavy atom. The summed E-state index contributed by atoms with van der Waals surface area (Å²) in [6.07, 6.45) is -0.722. The van der Waals surface area contributed by atoms with E-state index in [1.54, 1.807) is 6.92 Å². The van der Waals surface area contributed by atoms with E-state index in [0.29, 0.717) is 11.1 Å². The molecule has 4 nitrogen and oxygen atoms in total. The van der Waals surface area contributed by atoms with E-state index < -0.39 is 12.2 Å². The maximum atomic E-state index is 11.0. The van der Waals surface area contributed by atoms with Gasteiger partial charge < -0.3 is 15.2 Å². The molecule has 3 N–H and O–H groups in total. The van der Waals surface area contributed by atoms with Crippen LogP contribution in [0.15, 0.2) is 17.1 Å². The number of rotatable bonds is 3. The van der Waals surface area contributed by atoms with Crippen molar-refractivity contribution in [2.45, 2.75) is 19.1 Å². The fourth-order valence-electron chi connectivity index (χ4n) is 1.10. The number of H-pyrrole nitrogens is 1. The van der Waals surface area contributed by atoms with E-state index in [-0.39, 0.29) is 11.4 Å². The van der Waals surface area contributed by atoms with Crippen molar-refractivity contribution in [2.75, 3.05) is 5.88 Å². The Hall–Kier alpha value is -0.840. The molecule has 0 aliphatic carbocycles. The van der Waals surface area contributed by atoms with Crippen molar-refractivity contribution in [3.63, 3.8) is 0 Å². The first-order chi connectivity index (χ1) is 6.56. The summed E-state index contributed by atoms with van der Waals surface area (Å²) in [5, 5.41) is 18.8. The number of aryl methyl sites for hydroxylation is 1. The molecular weight excluding hydrogens is 206 g/mol. The van der Waals surface area contributed by atoms with E-state index in [1.165, 1.54) is 12.3 Å². The molecule has 78 valence electrons. The van der Waals surface area contributed by atoms with Crippen molar-refractivity contribution in [3.05, 3.63) is 33.7 Å². The molecule has 0 aromatic carbocycles. The molecule has 0 saturated heterocycles. The van der Waals surface area contributed by atoms with Gasteiger partial charge in [0.15, 0.2) is 0 Å². The van der Waals surface area contributed by atoms with Crippen molar-refractivity contribution in [1.29, 1.82) is 0 Å². The average molecular weight is 218 g/mol. The van der Waals surface area contributed by atoms with Crippen molar-refractivity contribution in [1.82, 2.24) is 4.98 Å². The van der Waals surface area contributed by atoms with E-state index in [1.807, 2.05) is 0 Å². The zero-order valence-electron chi connectivity index (χ0n) is 7.70. The molecule has 5 heteroatoms. The lowest BCUT2D eigenvalue weighted by Crippen LogP contribution is -2.21. The van der Waals surface area contributed by atoms with Crippen LogP contribution in [-0.2, 0) is 0 Å². The molecule has 0 aliphatic heterocycles. The topological polar surface area (TPSA) is 73.3 Å². The molecule has 1 rings (SSSR count). The number of halogens is 1. The zero-order chi connectivity index (χ0) is 10.7. The Morgan fingerprint density at radius 1 is 1.57 bits per heavy atom. The monoisotopic (exact) mass is 217 g/mol. The van der Waals surface area contributed by atoms with E-state index >= 15 is 0 Å². The lowest BCUT2D eigenvalue weighted by atomic mass is 10.1.